The average molecular weight is 1050 g/mol. The minimum absolute atomic E-state index is 0.0843. The minimum atomic E-state index is -1.77. The monoisotopic (exact) mass is 1050 g/mol. The van der Waals surface area contributed by atoms with Crippen molar-refractivity contribution in [2.24, 2.45) is 0 Å². The lowest BCUT2D eigenvalue weighted by Gasteiger charge is -2.49. The molecule has 0 bridgehead atoms. The second-order valence-corrected chi connectivity index (χ2v) is 25.1. The molecule has 0 aliphatic carbocycles. The van der Waals surface area contributed by atoms with Gasteiger partial charge in [0.25, 0.3) is 0 Å². The molecule has 76 heavy (non-hydrogen) atoms. The molecular formula is C59H58O16Si. The van der Waals surface area contributed by atoms with Crippen molar-refractivity contribution in [2.45, 2.75) is 93.4 Å². The van der Waals surface area contributed by atoms with Crippen LogP contribution in [0.3, 0.4) is 0 Å². The van der Waals surface area contributed by atoms with Crippen molar-refractivity contribution in [3.63, 3.8) is 0 Å². The molecule has 3 aliphatic heterocycles. The van der Waals surface area contributed by atoms with Crippen molar-refractivity contribution in [2.75, 3.05) is 19.8 Å². The zero-order valence-corrected chi connectivity index (χ0v) is 43.0. The SMILES string of the molecule is C[Si](C)(C)CCO[C@@H]1O[C@H](CO[C@@H]2O[C@@H]3CO[C@@H](c4ccccc4)O[C@@H]3[C@H](OC(=O)c3ccccc3)[C@H]2OC(=O)c2ccccc2)[C@H](OC(=O)c2ccccc2)[C@H](OC(=O)c2ccccc2)[C@H]1OC(=O)c1ccccc1. The van der Waals surface area contributed by atoms with Gasteiger partial charge < -0.3 is 52.1 Å². The van der Waals surface area contributed by atoms with Gasteiger partial charge in [-0.2, -0.15) is 0 Å². The molecule has 394 valence electrons. The molecule has 0 unspecified atom stereocenters. The molecule has 3 fully saturated rings. The van der Waals surface area contributed by atoms with Gasteiger partial charge in [-0.1, -0.05) is 141 Å². The predicted octanol–water partition coefficient (Wildman–Crippen LogP) is 9.05. The fourth-order valence-electron chi connectivity index (χ4n) is 8.77. The van der Waals surface area contributed by atoms with E-state index < -0.39 is 112 Å². The van der Waals surface area contributed by atoms with Crippen LogP contribution in [-0.2, 0) is 52.1 Å². The number of fused-ring (bicyclic) bond motifs is 1. The molecule has 3 saturated heterocycles. The van der Waals surface area contributed by atoms with Gasteiger partial charge in [-0.15, -0.1) is 0 Å². The van der Waals surface area contributed by atoms with Crippen molar-refractivity contribution in [3.8, 4) is 0 Å². The summed E-state index contributed by atoms with van der Waals surface area (Å²) in [4.78, 5) is 71.0. The molecule has 0 aromatic heterocycles. The van der Waals surface area contributed by atoms with Crippen LogP contribution in [0.1, 0.15) is 63.6 Å². The van der Waals surface area contributed by atoms with E-state index in [1.54, 1.807) is 152 Å². The van der Waals surface area contributed by atoms with E-state index in [2.05, 4.69) is 19.6 Å². The van der Waals surface area contributed by atoms with E-state index >= 15 is 0 Å². The Kier molecular flexibility index (Phi) is 17.6. The van der Waals surface area contributed by atoms with Gasteiger partial charge in [0.15, 0.2) is 49.4 Å². The summed E-state index contributed by atoms with van der Waals surface area (Å²) in [6.07, 6.45) is -15.1. The second kappa shape index (κ2) is 25.0. The molecule has 3 heterocycles. The van der Waals surface area contributed by atoms with Crippen molar-refractivity contribution in [1.29, 1.82) is 0 Å². The Labute approximate surface area is 441 Å². The largest absolute Gasteiger partial charge is 0.452 e. The van der Waals surface area contributed by atoms with Gasteiger partial charge in [0, 0.05) is 20.2 Å². The smallest absolute Gasteiger partial charge is 0.338 e. The van der Waals surface area contributed by atoms with Crippen LogP contribution in [0.5, 0.6) is 0 Å². The van der Waals surface area contributed by atoms with E-state index in [-0.39, 0.29) is 41.0 Å². The van der Waals surface area contributed by atoms with Gasteiger partial charge in [-0.05, 0) is 66.7 Å². The number of rotatable bonds is 18. The third kappa shape index (κ3) is 13.5. The topological polar surface area (TPSA) is 187 Å². The Balaban J connectivity index is 1.11. The zero-order valence-electron chi connectivity index (χ0n) is 42.0. The van der Waals surface area contributed by atoms with Crippen LogP contribution in [0.4, 0.5) is 0 Å². The maximum Gasteiger partial charge on any atom is 0.338 e. The minimum Gasteiger partial charge on any atom is -0.452 e. The van der Waals surface area contributed by atoms with E-state index in [1.807, 2.05) is 30.3 Å². The Morgan fingerprint density at radius 1 is 0.434 bits per heavy atom. The van der Waals surface area contributed by atoms with Gasteiger partial charge in [0.1, 0.15) is 18.3 Å². The molecule has 3 aliphatic rings. The third-order valence-electron chi connectivity index (χ3n) is 12.8. The highest BCUT2D eigenvalue weighted by Crippen LogP contribution is 2.39. The molecule has 0 N–H and O–H groups in total. The van der Waals surface area contributed by atoms with E-state index in [0.29, 0.717) is 11.6 Å². The van der Waals surface area contributed by atoms with Gasteiger partial charge in [0.05, 0.1) is 41.0 Å². The van der Waals surface area contributed by atoms with Crippen molar-refractivity contribution in [3.05, 3.63) is 215 Å². The summed E-state index contributed by atoms with van der Waals surface area (Å²) in [6, 6.07) is 50.8. The van der Waals surface area contributed by atoms with Gasteiger partial charge in [0.2, 0.25) is 0 Å². The standard InChI is InChI=1S/C59H58O16Si/c1-76(2,3)35-34-65-58-50(73-55(63)41-28-16-7-17-29-41)48(71-53(61)39-24-12-5-13-25-39)46(70-52(60)38-22-10-4-11-23-38)44(68-58)37-67-59-51(74-56(64)42-30-18-8-19-31-42)49(72-54(62)40-26-14-6-15-27-40)47-45(69-59)36-66-57(75-47)43-32-20-9-21-33-43/h4-33,44-51,57-59H,34-37H2,1-3H3/t44-,45-,46+,47+,48+,49+,50-,51-,57-,58-,59-/m1/s1. The summed E-state index contributed by atoms with van der Waals surface area (Å²) in [5.74, 6) is -4.03. The highest BCUT2D eigenvalue weighted by molar-refractivity contribution is 6.76. The van der Waals surface area contributed by atoms with E-state index in [9.17, 15) is 24.0 Å². The van der Waals surface area contributed by atoms with Crippen molar-refractivity contribution in [1.82, 2.24) is 0 Å². The zero-order chi connectivity index (χ0) is 53.0. The second-order valence-electron chi connectivity index (χ2n) is 19.5. The number of esters is 5. The fraction of sp³-hybridized carbons (Fsp3) is 0.305. The number of carbonyl (C=O) groups excluding carboxylic acids is 5. The Morgan fingerprint density at radius 2 is 0.803 bits per heavy atom. The van der Waals surface area contributed by atoms with Crippen LogP contribution in [0.25, 0.3) is 0 Å². The molecule has 6 aromatic rings. The number of hydrogen-bond acceptors (Lipinski definition) is 16. The first-order valence-corrected chi connectivity index (χ1v) is 28.8. The molecule has 0 amide bonds. The first kappa shape index (κ1) is 53.5. The quantitative estimate of drug-likeness (QED) is 0.0450. The number of ether oxygens (including phenoxy) is 11. The van der Waals surface area contributed by atoms with E-state index in [0.717, 1.165) is 0 Å². The Hall–Kier alpha value is -7.35. The lowest BCUT2D eigenvalue weighted by Crippen LogP contribution is -2.65. The van der Waals surface area contributed by atoms with Crippen molar-refractivity contribution < 1.29 is 76.1 Å². The highest BCUT2D eigenvalue weighted by atomic mass is 28.3. The predicted molar refractivity (Wildman–Crippen MR) is 276 cm³/mol. The van der Waals surface area contributed by atoms with E-state index in [1.165, 1.54) is 0 Å². The summed E-state index contributed by atoms with van der Waals surface area (Å²) in [6.45, 7) is 6.00. The molecular weight excluding hydrogens is 993 g/mol. The molecule has 9 rings (SSSR count). The summed E-state index contributed by atoms with van der Waals surface area (Å²) in [5, 5.41) is 0. The van der Waals surface area contributed by atoms with Crippen LogP contribution >= 0.6 is 0 Å². The first-order valence-electron chi connectivity index (χ1n) is 25.0. The molecule has 17 heteroatoms. The van der Waals surface area contributed by atoms with Gasteiger partial charge in [-0.25, -0.2) is 24.0 Å². The number of hydrogen-bond donors (Lipinski definition) is 0. The van der Waals surface area contributed by atoms with E-state index in [4.69, 9.17) is 52.1 Å². The van der Waals surface area contributed by atoms with Crippen LogP contribution in [0.2, 0.25) is 25.7 Å². The molecule has 16 nitrogen and oxygen atoms in total. The molecule has 0 saturated carbocycles. The summed E-state index contributed by atoms with van der Waals surface area (Å²) >= 11 is 0. The van der Waals surface area contributed by atoms with Crippen LogP contribution in [0.15, 0.2) is 182 Å². The van der Waals surface area contributed by atoms with Crippen molar-refractivity contribution >= 4 is 37.9 Å². The summed E-state index contributed by atoms with van der Waals surface area (Å²) in [5.41, 5.74) is 1.53. The lowest BCUT2D eigenvalue weighted by atomic mass is 9.96. The summed E-state index contributed by atoms with van der Waals surface area (Å²) < 4.78 is 70.8. The van der Waals surface area contributed by atoms with Crippen LogP contribution in [-0.4, -0.2) is 119 Å². The number of benzene rings is 6. The van der Waals surface area contributed by atoms with Gasteiger partial charge >= 0.3 is 29.8 Å². The fourth-order valence-corrected chi connectivity index (χ4v) is 9.50. The molecule has 0 radical (unpaired) electrons. The van der Waals surface area contributed by atoms with Crippen LogP contribution in [0, 0.1) is 0 Å². The average Bonchev–Trinajstić information content (AvgIpc) is 3.45. The first-order chi connectivity index (χ1) is 36.9. The highest BCUT2D eigenvalue weighted by Gasteiger charge is 2.57. The van der Waals surface area contributed by atoms with Gasteiger partial charge in [-0.3, -0.25) is 0 Å². The maximum absolute atomic E-state index is 14.3. The number of carbonyl (C=O) groups is 5. The maximum atomic E-state index is 14.3. The summed E-state index contributed by atoms with van der Waals surface area (Å²) in [7, 11) is -1.77. The normalized spacial score (nSPS) is 25.2. The third-order valence-corrected chi connectivity index (χ3v) is 14.5. The molecule has 0 spiro atoms. The lowest BCUT2D eigenvalue weighted by molar-refractivity contribution is -0.366. The van der Waals surface area contributed by atoms with Crippen LogP contribution < -0.4 is 0 Å². The Bertz CT molecular complexity index is 2860. The molecule has 6 aromatic carbocycles. The molecule has 11 atom stereocenters. The Morgan fingerprint density at radius 3 is 1.24 bits per heavy atom.